The van der Waals surface area contributed by atoms with E-state index in [1.54, 1.807) is 24.3 Å². The first-order valence-corrected chi connectivity index (χ1v) is 9.09. The molecule has 1 aliphatic heterocycles. The van der Waals surface area contributed by atoms with Crippen molar-refractivity contribution in [3.8, 4) is 6.07 Å². The summed E-state index contributed by atoms with van der Waals surface area (Å²) in [7, 11) is 0. The number of nitriles is 1. The Balaban J connectivity index is 1.82. The minimum Gasteiger partial charge on any atom is -0.440 e. The van der Waals surface area contributed by atoms with E-state index < -0.39 is 0 Å². The highest BCUT2D eigenvalue weighted by Crippen LogP contribution is 2.46. The molecule has 0 spiro atoms. The smallest absolute Gasteiger partial charge is 0.205 e. The Labute approximate surface area is 162 Å². The van der Waals surface area contributed by atoms with Gasteiger partial charge in [-0.1, -0.05) is 24.3 Å². The van der Waals surface area contributed by atoms with E-state index >= 15 is 0 Å². The minimum atomic E-state index is -0.355. The van der Waals surface area contributed by atoms with Crippen molar-refractivity contribution < 1.29 is 13.5 Å². The lowest BCUT2D eigenvalue weighted by molar-refractivity contribution is 0.277. The van der Waals surface area contributed by atoms with Crippen LogP contribution in [-0.4, -0.2) is 0 Å². The van der Waals surface area contributed by atoms with Crippen molar-refractivity contribution in [3.05, 3.63) is 99.7 Å². The van der Waals surface area contributed by atoms with Crippen LogP contribution in [0.1, 0.15) is 36.3 Å². The first-order chi connectivity index (χ1) is 13.6. The molecule has 2 N–H and O–H groups in total. The zero-order chi connectivity index (χ0) is 19.7. The van der Waals surface area contributed by atoms with Crippen molar-refractivity contribution in [3.63, 3.8) is 0 Å². The van der Waals surface area contributed by atoms with E-state index in [0.29, 0.717) is 11.3 Å². The van der Waals surface area contributed by atoms with Gasteiger partial charge in [0.25, 0.3) is 0 Å². The molecule has 0 saturated heterocycles. The van der Waals surface area contributed by atoms with Crippen LogP contribution in [0.5, 0.6) is 0 Å². The fourth-order valence-electron chi connectivity index (χ4n) is 3.83. The number of hydrogen-bond donors (Lipinski definition) is 1. The van der Waals surface area contributed by atoms with Crippen molar-refractivity contribution in [2.24, 2.45) is 5.73 Å². The molecule has 2 aliphatic rings. The van der Waals surface area contributed by atoms with Gasteiger partial charge >= 0.3 is 0 Å². The molecular formula is C23H18F2N2O. The fraction of sp³-hybridized carbons (Fsp3) is 0.174. The van der Waals surface area contributed by atoms with Gasteiger partial charge in [-0.05, 0) is 71.9 Å². The van der Waals surface area contributed by atoms with Crippen LogP contribution in [0.3, 0.4) is 0 Å². The molecule has 28 heavy (non-hydrogen) atoms. The summed E-state index contributed by atoms with van der Waals surface area (Å²) >= 11 is 0. The Kier molecular flexibility index (Phi) is 4.70. The Morgan fingerprint density at radius 2 is 1.64 bits per heavy atom. The van der Waals surface area contributed by atoms with Gasteiger partial charge in [0.1, 0.15) is 29.0 Å². The highest BCUT2D eigenvalue weighted by atomic mass is 19.1. The molecule has 2 aromatic rings. The summed E-state index contributed by atoms with van der Waals surface area (Å²) in [5.74, 6) is -0.238. The molecule has 0 bridgehead atoms. The molecule has 0 fully saturated rings. The van der Waals surface area contributed by atoms with Crippen LogP contribution < -0.4 is 5.73 Å². The third-order valence-corrected chi connectivity index (χ3v) is 5.12. The standard InChI is InChI=1S/C23H18F2N2O/c24-17-8-4-14(5-9-17)12-16-2-1-3-19-21(15-6-10-18(25)11-7-15)20(13-26)23(27)28-22(16)19/h4-12,21H,1-3,27H2/b16-12+. The van der Waals surface area contributed by atoms with E-state index in [4.69, 9.17) is 10.5 Å². The Bertz CT molecular complexity index is 1040. The molecule has 1 heterocycles. The molecule has 3 nitrogen and oxygen atoms in total. The molecule has 5 heteroatoms. The molecule has 1 unspecified atom stereocenters. The van der Waals surface area contributed by atoms with Crippen LogP contribution in [0.4, 0.5) is 8.78 Å². The van der Waals surface area contributed by atoms with E-state index in [9.17, 15) is 14.0 Å². The molecule has 0 radical (unpaired) electrons. The van der Waals surface area contributed by atoms with Crippen LogP contribution in [-0.2, 0) is 4.74 Å². The second-order valence-electron chi connectivity index (χ2n) is 6.91. The van der Waals surface area contributed by atoms with Gasteiger partial charge in [0.2, 0.25) is 5.88 Å². The quantitative estimate of drug-likeness (QED) is 0.774. The van der Waals surface area contributed by atoms with Gasteiger partial charge in [0, 0.05) is 5.92 Å². The van der Waals surface area contributed by atoms with Crippen LogP contribution in [0, 0.1) is 23.0 Å². The third-order valence-electron chi connectivity index (χ3n) is 5.12. The molecule has 140 valence electrons. The van der Waals surface area contributed by atoms with Crippen LogP contribution in [0.2, 0.25) is 0 Å². The Hall–Kier alpha value is -3.39. The van der Waals surface area contributed by atoms with Crippen molar-refractivity contribution in [2.75, 3.05) is 0 Å². The van der Waals surface area contributed by atoms with E-state index in [0.717, 1.165) is 41.5 Å². The van der Waals surface area contributed by atoms with Gasteiger partial charge in [-0.25, -0.2) is 8.78 Å². The lowest BCUT2D eigenvalue weighted by Gasteiger charge is -2.33. The Morgan fingerprint density at radius 3 is 2.29 bits per heavy atom. The summed E-state index contributed by atoms with van der Waals surface area (Å²) in [4.78, 5) is 0. The number of allylic oxidation sites excluding steroid dienone is 3. The van der Waals surface area contributed by atoms with Crippen molar-refractivity contribution in [1.82, 2.24) is 0 Å². The van der Waals surface area contributed by atoms with Crippen molar-refractivity contribution >= 4 is 6.08 Å². The van der Waals surface area contributed by atoms with Crippen LogP contribution in [0.25, 0.3) is 6.08 Å². The second-order valence-corrected chi connectivity index (χ2v) is 6.91. The minimum absolute atomic E-state index is 0.0717. The SMILES string of the molecule is N#CC1=C(N)OC2=C(CCC/C2=C\c2ccc(F)cc2)C1c1ccc(F)cc1. The van der Waals surface area contributed by atoms with Gasteiger partial charge in [0.15, 0.2) is 0 Å². The fourth-order valence-corrected chi connectivity index (χ4v) is 3.83. The summed E-state index contributed by atoms with van der Waals surface area (Å²) < 4.78 is 32.5. The maximum absolute atomic E-state index is 13.4. The molecule has 0 saturated carbocycles. The molecule has 0 aromatic heterocycles. The van der Waals surface area contributed by atoms with Gasteiger partial charge < -0.3 is 10.5 Å². The number of nitrogens with two attached hydrogens (primary N) is 1. The van der Waals surface area contributed by atoms with Crippen LogP contribution >= 0.6 is 0 Å². The normalized spacial score (nSPS) is 20.6. The third kappa shape index (κ3) is 3.29. The topological polar surface area (TPSA) is 59.0 Å². The number of benzene rings is 2. The van der Waals surface area contributed by atoms with E-state index in [1.165, 1.54) is 24.3 Å². The predicted molar refractivity (Wildman–Crippen MR) is 102 cm³/mol. The van der Waals surface area contributed by atoms with Crippen LogP contribution in [0.15, 0.2) is 76.9 Å². The molecule has 1 aliphatic carbocycles. The van der Waals surface area contributed by atoms with E-state index in [-0.39, 0.29) is 23.4 Å². The van der Waals surface area contributed by atoms with E-state index in [1.807, 2.05) is 6.08 Å². The number of hydrogen-bond acceptors (Lipinski definition) is 3. The first-order valence-electron chi connectivity index (χ1n) is 9.09. The average molecular weight is 376 g/mol. The van der Waals surface area contributed by atoms with Crippen molar-refractivity contribution in [2.45, 2.75) is 25.2 Å². The number of halogens is 2. The monoisotopic (exact) mass is 376 g/mol. The zero-order valence-corrected chi connectivity index (χ0v) is 15.1. The molecule has 2 aromatic carbocycles. The lowest BCUT2D eigenvalue weighted by atomic mass is 9.77. The zero-order valence-electron chi connectivity index (χ0n) is 15.1. The van der Waals surface area contributed by atoms with Gasteiger partial charge in [-0.2, -0.15) is 5.26 Å². The number of ether oxygens (including phenoxy) is 1. The largest absolute Gasteiger partial charge is 0.440 e. The summed E-state index contributed by atoms with van der Waals surface area (Å²) in [6, 6.07) is 14.5. The molecular weight excluding hydrogens is 358 g/mol. The lowest BCUT2D eigenvalue weighted by Crippen LogP contribution is -2.23. The predicted octanol–water partition coefficient (Wildman–Crippen LogP) is 5.29. The van der Waals surface area contributed by atoms with Gasteiger partial charge in [0.05, 0.1) is 0 Å². The van der Waals surface area contributed by atoms with Gasteiger partial charge in [-0.15, -0.1) is 0 Å². The number of nitrogens with zero attached hydrogens (tertiary/aromatic N) is 1. The Morgan fingerprint density at radius 1 is 1.00 bits per heavy atom. The summed E-state index contributed by atoms with van der Waals surface area (Å²) in [6.45, 7) is 0. The average Bonchev–Trinajstić information content (AvgIpc) is 2.70. The van der Waals surface area contributed by atoms with Gasteiger partial charge in [-0.3, -0.25) is 0 Å². The molecule has 1 atom stereocenters. The maximum Gasteiger partial charge on any atom is 0.205 e. The highest BCUT2D eigenvalue weighted by Gasteiger charge is 2.35. The first kappa shape index (κ1) is 18.0. The van der Waals surface area contributed by atoms with E-state index in [2.05, 4.69) is 6.07 Å². The summed E-state index contributed by atoms with van der Waals surface area (Å²) in [5, 5.41) is 9.65. The second kappa shape index (κ2) is 7.32. The van der Waals surface area contributed by atoms with Crippen molar-refractivity contribution in [1.29, 1.82) is 5.26 Å². The highest BCUT2D eigenvalue weighted by molar-refractivity contribution is 5.62. The molecule has 0 amide bonds. The molecule has 4 rings (SSSR count). The maximum atomic E-state index is 13.4. The summed E-state index contributed by atoms with van der Waals surface area (Å²) in [5.41, 5.74) is 10.0. The summed E-state index contributed by atoms with van der Waals surface area (Å²) in [6.07, 6.45) is 4.41. The number of rotatable bonds is 2.